The maximum Gasteiger partial charge on any atom is 0.0693 e. The first-order valence-electron chi connectivity index (χ1n) is 6.53. The van der Waals surface area contributed by atoms with Crippen molar-refractivity contribution in [2.75, 3.05) is 7.11 Å². The molecule has 0 amide bonds. The van der Waals surface area contributed by atoms with Crippen LogP contribution >= 0.6 is 0 Å². The summed E-state index contributed by atoms with van der Waals surface area (Å²) in [5, 5.41) is 3.71. The summed E-state index contributed by atoms with van der Waals surface area (Å²) in [5.74, 6) is 0. The summed E-state index contributed by atoms with van der Waals surface area (Å²) >= 11 is 0. The fourth-order valence-corrected chi connectivity index (χ4v) is 2.33. The zero-order valence-corrected chi connectivity index (χ0v) is 10.6. The molecule has 0 aromatic rings. The number of methoxy groups -OCH3 is 1. The van der Waals surface area contributed by atoms with E-state index in [4.69, 9.17) is 4.74 Å². The minimum Gasteiger partial charge on any atom is -0.380 e. The van der Waals surface area contributed by atoms with Crippen molar-refractivity contribution in [3.8, 4) is 0 Å². The standard InChI is InChI=1S/C13H27NO/c1-11(12(2)15-3)14-13-9-7-5-4-6-8-10-13/h11-14H,4-10H2,1-3H3. The summed E-state index contributed by atoms with van der Waals surface area (Å²) < 4.78 is 5.35. The lowest BCUT2D eigenvalue weighted by molar-refractivity contribution is 0.0827. The van der Waals surface area contributed by atoms with Gasteiger partial charge in [-0.05, 0) is 26.7 Å². The zero-order valence-electron chi connectivity index (χ0n) is 10.6. The van der Waals surface area contributed by atoms with Crippen LogP contribution in [-0.4, -0.2) is 25.3 Å². The van der Waals surface area contributed by atoms with Gasteiger partial charge in [0.15, 0.2) is 0 Å². The highest BCUT2D eigenvalue weighted by Gasteiger charge is 2.17. The van der Waals surface area contributed by atoms with Crippen LogP contribution in [0.5, 0.6) is 0 Å². The van der Waals surface area contributed by atoms with Crippen LogP contribution in [0.15, 0.2) is 0 Å². The van der Waals surface area contributed by atoms with Crippen LogP contribution in [0.2, 0.25) is 0 Å². The van der Waals surface area contributed by atoms with Crippen molar-refractivity contribution >= 4 is 0 Å². The van der Waals surface area contributed by atoms with Gasteiger partial charge >= 0.3 is 0 Å². The second kappa shape index (κ2) is 7.24. The summed E-state index contributed by atoms with van der Waals surface area (Å²) in [6.07, 6.45) is 10.1. The molecule has 1 fully saturated rings. The van der Waals surface area contributed by atoms with Gasteiger partial charge < -0.3 is 10.1 Å². The quantitative estimate of drug-likeness (QED) is 0.775. The van der Waals surface area contributed by atoms with E-state index in [0.717, 1.165) is 6.04 Å². The Balaban J connectivity index is 2.27. The van der Waals surface area contributed by atoms with Crippen molar-refractivity contribution in [2.24, 2.45) is 0 Å². The lowest BCUT2D eigenvalue weighted by Gasteiger charge is -2.27. The first-order valence-corrected chi connectivity index (χ1v) is 6.53. The Kier molecular flexibility index (Phi) is 6.26. The number of rotatable bonds is 4. The molecule has 0 spiro atoms. The molecular weight excluding hydrogens is 186 g/mol. The minimum absolute atomic E-state index is 0.315. The van der Waals surface area contributed by atoms with E-state index in [1.54, 1.807) is 7.11 Å². The van der Waals surface area contributed by atoms with E-state index in [1.807, 2.05) is 0 Å². The van der Waals surface area contributed by atoms with Crippen molar-refractivity contribution in [3.05, 3.63) is 0 Å². The van der Waals surface area contributed by atoms with Gasteiger partial charge in [0.25, 0.3) is 0 Å². The topological polar surface area (TPSA) is 21.3 Å². The highest BCUT2D eigenvalue weighted by molar-refractivity contribution is 4.76. The smallest absolute Gasteiger partial charge is 0.0693 e. The predicted molar refractivity (Wildman–Crippen MR) is 65.2 cm³/mol. The van der Waals surface area contributed by atoms with Gasteiger partial charge in [0.2, 0.25) is 0 Å². The Labute approximate surface area is 94.8 Å². The Hall–Kier alpha value is -0.0800. The average Bonchev–Trinajstić information content (AvgIpc) is 2.20. The van der Waals surface area contributed by atoms with Crippen LogP contribution in [0, 0.1) is 0 Å². The van der Waals surface area contributed by atoms with E-state index >= 15 is 0 Å². The molecule has 2 atom stereocenters. The molecule has 0 radical (unpaired) electrons. The third-order valence-electron chi connectivity index (χ3n) is 3.68. The summed E-state index contributed by atoms with van der Waals surface area (Å²) in [5.41, 5.74) is 0. The van der Waals surface area contributed by atoms with E-state index in [-0.39, 0.29) is 0 Å². The molecule has 0 heterocycles. The van der Waals surface area contributed by atoms with Crippen molar-refractivity contribution in [2.45, 2.75) is 77.0 Å². The molecule has 15 heavy (non-hydrogen) atoms. The van der Waals surface area contributed by atoms with E-state index in [1.165, 1.54) is 44.9 Å². The van der Waals surface area contributed by atoms with Gasteiger partial charge in [-0.15, -0.1) is 0 Å². The van der Waals surface area contributed by atoms with Crippen LogP contribution in [0.3, 0.4) is 0 Å². The molecule has 1 rings (SSSR count). The van der Waals surface area contributed by atoms with E-state index in [9.17, 15) is 0 Å². The largest absolute Gasteiger partial charge is 0.380 e. The fraction of sp³-hybridized carbons (Fsp3) is 1.00. The molecule has 0 aromatic heterocycles. The van der Waals surface area contributed by atoms with Gasteiger partial charge in [0.05, 0.1) is 6.10 Å². The normalized spacial score (nSPS) is 24.2. The first kappa shape index (κ1) is 13.0. The van der Waals surface area contributed by atoms with Gasteiger partial charge in [0, 0.05) is 19.2 Å². The molecule has 90 valence electrons. The second-order valence-electron chi connectivity index (χ2n) is 4.94. The third kappa shape index (κ3) is 4.98. The SMILES string of the molecule is COC(C)C(C)NC1CCCCCCC1. The summed E-state index contributed by atoms with van der Waals surface area (Å²) in [4.78, 5) is 0. The fourth-order valence-electron chi connectivity index (χ4n) is 2.33. The maximum atomic E-state index is 5.35. The highest BCUT2D eigenvalue weighted by atomic mass is 16.5. The van der Waals surface area contributed by atoms with E-state index in [0.29, 0.717) is 12.1 Å². The second-order valence-corrected chi connectivity index (χ2v) is 4.94. The third-order valence-corrected chi connectivity index (χ3v) is 3.68. The predicted octanol–water partition coefficient (Wildman–Crippen LogP) is 3.11. The lowest BCUT2D eigenvalue weighted by Crippen LogP contribution is -2.43. The molecule has 0 aliphatic heterocycles. The molecule has 1 aliphatic carbocycles. The van der Waals surface area contributed by atoms with Crippen LogP contribution in [0.1, 0.15) is 58.8 Å². The maximum absolute atomic E-state index is 5.35. The van der Waals surface area contributed by atoms with Gasteiger partial charge in [-0.1, -0.05) is 32.1 Å². The van der Waals surface area contributed by atoms with Crippen LogP contribution in [0.4, 0.5) is 0 Å². The molecule has 1 N–H and O–H groups in total. The molecule has 2 nitrogen and oxygen atoms in total. The highest BCUT2D eigenvalue weighted by Crippen LogP contribution is 2.17. The average molecular weight is 213 g/mol. The Morgan fingerprint density at radius 1 is 1.00 bits per heavy atom. The van der Waals surface area contributed by atoms with Crippen molar-refractivity contribution in [1.29, 1.82) is 0 Å². The number of hydrogen-bond acceptors (Lipinski definition) is 2. The molecule has 2 heteroatoms. The van der Waals surface area contributed by atoms with Crippen molar-refractivity contribution in [3.63, 3.8) is 0 Å². The molecule has 1 aliphatic rings. The van der Waals surface area contributed by atoms with E-state index in [2.05, 4.69) is 19.2 Å². The number of ether oxygens (including phenoxy) is 1. The monoisotopic (exact) mass is 213 g/mol. The van der Waals surface area contributed by atoms with Crippen LogP contribution < -0.4 is 5.32 Å². The number of hydrogen-bond donors (Lipinski definition) is 1. The van der Waals surface area contributed by atoms with Gasteiger partial charge in [-0.2, -0.15) is 0 Å². The van der Waals surface area contributed by atoms with Crippen LogP contribution in [-0.2, 0) is 4.74 Å². The summed E-state index contributed by atoms with van der Waals surface area (Å²) in [6, 6.07) is 1.19. The van der Waals surface area contributed by atoms with Gasteiger partial charge in [0.1, 0.15) is 0 Å². The van der Waals surface area contributed by atoms with Crippen molar-refractivity contribution in [1.82, 2.24) is 5.32 Å². The molecule has 2 unspecified atom stereocenters. The molecule has 0 bridgehead atoms. The zero-order chi connectivity index (χ0) is 11.1. The lowest BCUT2D eigenvalue weighted by atomic mass is 9.96. The van der Waals surface area contributed by atoms with Gasteiger partial charge in [-0.25, -0.2) is 0 Å². The van der Waals surface area contributed by atoms with Crippen molar-refractivity contribution < 1.29 is 4.74 Å². The van der Waals surface area contributed by atoms with E-state index < -0.39 is 0 Å². The summed E-state index contributed by atoms with van der Waals surface area (Å²) in [7, 11) is 1.79. The molecule has 1 saturated carbocycles. The number of nitrogens with one attached hydrogen (secondary N) is 1. The van der Waals surface area contributed by atoms with Gasteiger partial charge in [-0.3, -0.25) is 0 Å². The van der Waals surface area contributed by atoms with Crippen LogP contribution in [0.25, 0.3) is 0 Å². The molecule has 0 aromatic carbocycles. The minimum atomic E-state index is 0.315. The Morgan fingerprint density at radius 3 is 2.07 bits per heavy atom. The molecule has 0 saturated heterocycles. The Morgan fingerprint density at radius 2 is 1.53 bits per heavy atom. The Bertz CT molecular complexity index is 153. The summed E-state index contributed by atoms with van der Waals surface area (Å²) in [6.45, 7) is 4.37. The molecular formula is C13H27NO. The first-order chi connectivity index (χ1) is 7.24.